The van der Waals surface area contributed by atoms with Crippen LogP contribution in [0.25, 0.3) is 0 Å². The second-order valence-electron chi connectivity index (χ2n) is 3.05. The molecule has 2 heterocycles. The van der Waals surface area contributed by atoms with Gasteiger partial charge in [-0.1, -0.05) is 6.92 Å². The standard InChI is InChI=1S/C10H13NO/c1-2-8-3-5-11-10-4-6-12-7-9(8)10/h3,5H,2,4,6-7H2,1H3. The molecule has 1 aliphatic heterocycles. The lowest BCUT2D eigenvalue weighted by atomic mass is 10.0. The SMILES string of the molecule is CCc1ccnc2c1COCC2. The van der Waals surface area contributed by atoms with Gasteiger partial charge in [-0.2, -0.15) is 0 Å². The lowest BCUT2D eigenvalue weighted by Crippen LogP contribution is -2.13. The molecular formula is C10H13NO. The predicted molar refractivity (Wildman–Crippen MR) is 47.0 cm³/mol. The van der Waals surface area contributed by atoms with E-state index in [0.29, 0.717) is 0 Å². The third-order valence-electron chi connectivity index (χ3n) is 2.35. The summed E-state index contributed by atoms with van der Waals surface area (Å²) in [7, 11) is 0. The molecule has 2 rings (SSSR count). The maximum absolute atomic E-state index is 5.40. The van der Waals surface area contributed by atoms with Crippen LogP contribution in [0.15, 0.2) is 12.3 Å². The number of pyridine rings is 1. The molecule has 0 atom stereocenters. The van der Waals surface area contributed by atoms with Gasteiger partial charge < -0.3 is 4.74 Å². The number of fused-ring (bicyclic) bond motifs is 1. The van der Waals surface area contributed by atoms with Gasteiger partial charge in [0.05, 0.1) is 13.2 Å². The summed E-state index contributed by atoms with van der Waals surface area (Å²) in [5.74, 6) is 0. The molecule has 0 unspecified atom stereocenters. The highest BCUT2D eigenvalue weighted by Gasteiger charge is 2.12. The molecule has 0 saturated heterocycles. The van der Waals surface area contributed by atoms with Crippen LogP contribution in [-0.4, -0.2) is 11.6 Å². The van der Waals surface area contributed by atoms with Crippen LogP contribution in [0.4, 0.5) is 0 Å². The van der Waals surface area contributed by atoms with Gasteiger partial charge in [0.25, 0.3) is 0 Å². The fourth-order valence-electron chi connectivity index (χ4n) is 1.65. The first-order chi connectivity index (χ1) is 5.92. The zero-order valence-corrected chi connectivity index (χ0v) is 7.34. The van der Waals surface area contributed by atoms with Gasteiger partial charge in [-0.25, -0.2) is 0 Å². The Balaban J connectivity index is 2.44. The predicted octanol–water partition coefficient (Wildman–Crippen LogP) is 1.72. The van der Waals surface area contributed by atoms with Crippen LogP contribution in [0.5, 0.6) is 0 Å². The fraction of sp³-hybridized carbons (Fsp3) is 0.500. The molecule has 0 bridgehead atoms. The highest BCUT2D eigenvalue weighted by molar-refractivity contribution is 5.30. The Morgan fingerprint density at radius 2 is 2.50 bits per heavy atom. The highest BCUT2D eigenvalue weighted by Crippen LogP contribution is 2.18. The van der Waals surface area contributed by atoms with Gasteiger partial charge in [0.1, 0.15) is 0 Å². The van der Waals surface area contributed by atoms with E-state index in [9.17, 15) is 0 Å². The summed E-state index contributed by atoms with van der Waals surface area (Å²) in [6.45, 7) is 3.75. The minimum absolute atomic E-state index is 0.756. The summed E-state index contributed by atoms with van der Waals surface area (Å²) < 4.78 is 5.40. The number of aryl methyl sites for hydroxylation is 1. The third-order valence-corrected chi connectivity index (χ3v) is 2.35. The molecule has 12 heavy (non-hydrogen) atoms. The van der Waals surface area contributed by atoms with Gasteiger partial charge in [0.15, 0.2) is 0 Å². The first-order valence-electron chi connectivity index (χ1n) is 4.45. The molecule has 2 nitrogen and oxygen atoms in total. The Bertz CT molecular complexity index is 269. The Hall–Kier alpha value is -0.890. The molecule has 0 fully saturated rings. The first-order valence-corrected chi connectivity index (χ1v) is 4.45. The van der Waals surface area contributed by atoms with E-state index in [1.54, 1.807) is 0 Å². The second kappa shape index (κ2) is 3.23. The molecule has 1 aromatic heterocycles. The van der Waals surface area contributed by atoms with Crippen molar-refractivity contribution < 1.29 is 4.74 Å². The molecule has 0 saturated carbocycles. The number of hydrogen-bond acceptors (Lipinski definition) is 2. The minimum atomic E-state index is 0.756. The Morgan fingerprint density at radius 3 is 3.33 bits per heavy atom. The number of rotatable bonds is 1. The summed E-state index contributed by atoms with van der Waals surface area (Å²) >= 11 is 0. The smallest absolute Gasteiger partial charge is 0.0737 e. The van der Waals surface area contributed by atoms with E-state index in [2.05, 4.69) is 18.0 Å². The minimum Gasteiger partial charge on any atom is -0.376 e. The van der Waals surface area contributed by atoms with E-state index in [-0.39, 0.29) is 0 Å². The highest BCUT2D eigenvalue weighted by atomic mass is 16.5. The van der Waals surface area contributed by atoms with Crippen LogP contribution in [-0.2, 0) is 24.2 Å². The Morgan fingerprint density at radius 1 is 1.58 bits per heavy atom. The van der Waals surface area contributed by atoms with Crippen LogP contribution in [0.3, 0.4) is 0 Å². The van der Waals surface area contributed by atoms with Crippen molar-refractivity contribution in [1.82, 2.24) is 4.98 Å². The molecule has 0 amide bonds. The van der Waals surface area contributed by atoms with Crippen LogP contribution < -0.4 is 0 Å². The normalized spacial score (nSPS) is 15.8. The molecule has 1 aromatic rings. The average Bonchev–Trinajstić information content (AvgIpc) is 2.17. The third kappa shape index (κ3) is 1.23. The van der Waals surface area contributed by atoms with E-state index in [0.717, 1.165) is 26.1 Å². The molecule has 2 heteroatoms. The summed E-state index contributed by atoms with van der Waals surface area (Å²) in [6, 6.07) is 2.09. The van der Waals surface area contributed by atoms with Crippen molar-refractivity contribution in [2.24, 2.45) is 0 Å². The van der Waals surface area contributed by atoms with Crippen molar-refractivity contribution in [3.8, 4) is 0 Å². The zero-order valence-electron chi connectivity index (χ0n) is 7.34. The Kier molecular flexibility index (Phi) is 2.09. The molecular weight excluding hydrogens is 150 g/mol. The van der Waals surface area contributed by atoms with Crippen molar-refractivity contribution in [2.45, 2.75) is 26.4 Å². The van der Waals surface area contributed by atoms with Gasteiger partial charge in [-0.15, -0.1) is 0 Å². The lowest BCUT2D eigenvalue weighted by Gasteiger charge is -2.17. The molecule has 0 aliphatic carbocycles. The molecule has 0 spiro atoms. The molecule has 0 N–H and O–H groups in total. The van der Waals surface area contributed by atoms with Crippen LogP contribution in [0, 0.1) is 0 Å². The molecule has 1 aliphatic rings. The summed E-state index contributed by atoms with van der Waals surface area (Å²) in [5, 5.41) is 0. The Labute approximate surface area is 72.6 Å². The van der Waals surface area contributed by atoms with Gasteiger partial charge in [-0.05, 0) is 18.1 Å². The summed E-state index contributed by atoms with van der Waals surface area (Å²) in [6.07, 6.45) is 3.96. The lowest BCUT2D eigenvalue weighted by molar-refractivity contribution is 0.108. The van der Waals surface area contributed by atoms with E-state index in [4.69, 9.17) is 4.74 Å². The average molecular weight is 163 g/mol. The molecule has 0 radical (unpaired) electrons. The van der Waals surface area contributed by atoms with E-state index >= 15 is 0 Å². The van der Waals surface area contributed by atoms with E-state index in [1.165, 1.54) is 16.8 Å². The number of hydrogen-bond donors (Lipinski definition) is 0. The fourth-order valence-corrected chi connectivity index (χ4v) is 1.65. The van der Waals surface area contributed by atoms with Gasteiger partial charge in [0, 0.05) is 23.9 Å². The van der Waals surface area contributed by atoms with Gasteiger partial charge >= 0.3 is 0 Å². The van der Waals surface area contributed by atoms with Crippen molar-refractivity contribution in [3.63, 3.8) is 0 Å². The van der Waals surface area contributed by atoms with Crippen molar-refractivity contribution in [2.75, 3.05) is 6.61 Å². The second-order valence-corrected chi connectivity index (χ2v) is 3.05. The topological polar surface area (TPSA) is 22.1 Å². The number of nitrogens with zero attached hydrogens (tertiary/aromatic N) is 1. The van der Waals surface area contributed by atoms with Crippen LogP contribution in [0.1, 0.15) is 23.7 Å². The first kappa shape index (κ1) is 7.74. The van der Waals surface area contributed by atoms with Crippen LogP contribution >= 0.6 is 0 Å². The number of aromatic nitrogens is 1. The monoisotopic (exact) mass is 163 g/mol. The maximum atomic E-state index is 5.40. The quantitative estimate of drug-likeness (QED) is 0.629. The number of ether oxygens (including phenoxy) is 1. The summed E-state index contributed by atoms with van der Waals surface area (Å²) in [4.78, 5) is 4.35. The van der Waals surface area contributed by atoms with Gasteiger partial charge in [-0.3, -0.25) is 4.98 Å². The van der Waals surface area contributed by atoms with E-state index < -0.39 is 0 Å². The largest absolute Gasteiger partial charge is 0.376 e. The van der Waals surface area contributed by atoms with Crippen molar-refractivity contribution in [3.05, 3.63) is 29.1 Å². The molecule has 0 aromatic carbocycles. The van der Waals surface area contributed by atoms with Crippen molar-refractivity contribution >= 4 is 0 Å². The van der Waals surface area contributed by atoms with E-state index in [1.807, 2.05) is 6.20 Å². The van der Waals surface area contributed by atoms with Gasteiger partial charge in [0.2, 0.25) is 0 Å². The van der Waals surface area contributed by atoms with Crippen LogP contribution in [0.2, 0.25) is 0 Å². The molecule has 64 valence electrons. The van der Waals surface area contributed by atoms with Crippen molar-refractivity contribution in [1.29, 1.82) is 0 Å². The maximum Gasteiger partial charge on any atom is 0.0737 e. The zero-order chi connectivity index (χ0) is 8.39. The summed E-state index contributed by atoms with van der Waals surface area (Å²) in [5.41, 5.74) is 3.95.